The Kier molecular flexibility index (Phi) is 2.49. The van der Waals surface area contributed by atoms with Crippen molar-refractivity contribution in [3.8, 4) is 0 Å². The monoisotopic (exact) mass is 139 g/mol. The molecule has 0 spiro atoms. The molecule has 0 amide bonds. The maximum Gasteiger partial charge on any atom is 0.166 e. The zero-order chi connectivity index (χ0) is 7.23. The second-order valence-corrected chi connectivity index (χ2v) is 1.85. The van der Waals surface area contributed by atoms with Crippen molar-refractivity contribution in [3.63, 3.8) is 0 Å². The molecule has 10 heavy (non-hydrogen) atoms. The fourth-order valence-electron chi connectivity index (χ4n) is 0.650. The molecule has 0 fully saturated rings. The first-order valence-corrected chi connectivity index (χ1v) is 3.01. The molecule has 0 aliphatic rings. The highest BCUT2D eigenvalue weighted by atomic mass is 16.5. The first-order chi connectivity index (χ1) is 4.93. The zero-order valence-electron chi connectivity index (χ0n) is 5.50. The molecular formula is C6H9N3O. The Morgan fingerprint density at radius 1 is 1.80 bits per heavy atom. The predicted molar refractivity (Wildman–Crippen MR) is 37.0 cm³/mol. The summed E-state index contributed by atoms with van der Waals surface area (Å²) in [4.78, 5) is 0. The quantitative estimate of drug-likeness (QED) is 0.364. The van der Waals surface area contributed by atoms with E-state index in [4.69, 9.17) is 10.1 Å². The Morgan fingerprint density at radius 3 is 3.30 bits per heavy atom. The van der Waals surface area contributed by atoms with E-state index >= 15 is 0 Å². The van der Waals surface area contributed by atoms with Gasteiger partial charge in [0.25, 0.3) is 0 Å². The molecule has 0 aliphatic heterocycles. The molecule has 4 heteroatoms. The third-order valence-electron chi connectivity index (χ3n) is 1.15. The smallest absolute Gasteiger partial charge is 0.166 e. The number of hydrogen-bond acceptors (Lipinski definition) is 3. The summed E-state index contributed by atoms with van der Waals surface area (Å²) in [5.41, 5.74) is 1.10. The van der Waals surface area contributed by atoms with Gasteiger partial charge in [0.15, 0.2) is 6.40 Å². The average Bonchev–Trinajstić information content (AvgIpc) is 2.41. The number of aromatic amines is 1. The molecule has 0 aliphatic carbocycles. The lowest BCUT2D eigenvalue weighted by atomic mass is 10.3. The second kappa shape index (κ2) is 3.66. The normalized spacial score (nSPS) is 9.20. The number of aromatic nitrogens is 2. The van der Waals surface area contributed by atoms with Crippen molar-refractivity contribution in [1.29, 1.82) is 5.41 Å². The van der Waals surface area contributed by atoms with E-state index in [9.17, 15) is 0 Å². The Morgan fingerprint density at radius 2 is 2.70 bits per heavy atom. The van der Waals surface area contributed by atoms with Gasteiger partial charge in [-0.05, 0) is 5.56 Å². The first kappa shape index (κ1) is 6.80. The summed E-state index contributed by atoms with van der Waals surface area (Å²) in [5, 5.41) is 13.0. The van der Waals surface area contributed by atoms with Crippen LogP contribution in [0.15, 0.2) is 12.4 Å². The highest BCUT2D eigenvalue weighted by Crippen LogP contribution is 1.93. The summed E-state index contributed by atoms with van der Waals surface area (Å²) < 4.78 is 4.71. The molecule has 0 radical (unpaired) electrons. The average molecular weight is 139 g/mol. The molecule has 0 aromatic carbocycles. The summed E-state index contributed by atoms with van der Waals surface area (Å²) in [6.07, 6.45) is 5.30. The predicted octanol–water partition coefficient (Wildman–Crippen LogP) is 0.576. The summed E-state index contributed by atoms with van der Waals surface area (Å²) in [6.45, 7) is 0.545. The lowest BCUT2D eigenvalue weighted by molar-refractivity contribution is 0.322. The van der Waals surface area contributed by atoms with Gasteiger partial charge in [0.05, 0.1) is 12.8 Å². The van der Waals surface area contributed by atoms with Crippen LogP contribution in [0.5, 0.6) is 0 Å². The molecule has 1 aromatic rings. The summed E-state index contributed by atoms with van der Waals surface area (Å²) in [6, 6.07) is 0. The Labute approximate surface area is 58.7 Å². The minimum atomic E-state index is 0.545. The van der Waals surface area contributed by atoms with E-state index in [0.29, 0.717) is 6.61 Å². The molecule has 0 bridgehead atoms. The van der Waals surface area contributed by atoms with Crippen LogP contribution in [0, 0.1) is 5.41 Å². The van der Waals surface area contributed by atoms with Crippen LogP contribution >= 0.6 is 0 Å². The lowest BCUT2D eigenvalue weighted by Gasteiger charge is -1.94. The first-order valence-electron chi connectivity index (χ1n) is 3.01. The number of nitrogens with one attached hydrogen (secondary N) is 2. The van der Waals surface area contributed by atoms with Crippen molar-refractivity contribution in [1.82, 2.24) is 10.2 Å². The summed E-state index contributed by atoms with van der Waals surface area (Å²) in [7, 11) is 0. The number of rotatable bonds is 4. The van der Waals surface area contributed by atoms with Crippen molar-refractivity contribution in [2.45, 2.75) is 6.42 Å². The van der Waals surface area contributed by atoms with Crippen LogP contribution in [0.25, 0.3) is 0 Å². The molecule has 0 saturated carbocycles. The van der Waals surface area contributed by atoms with Crippen molar-refractivity contribution in [2.75, 3.05) is 6.61 Å². The highest BCUT2D eigenvalue weighted by molar-refractivity contribution is 5.40. The molecule has 0 saturated heterocycles. The van der Waals surface area contributed by atoms with Crippen LogP contribution in [0.2, 0.25) is 0 Å². The fourth-order valence-corrected chi connectivity index (χ4v) is 0.650. The van der Waals surface area contributed by atoms with Crippen LogP contribution in [0.1, 0.15) is 5.56 Å². The molecule has 1 heterocycles. The third kappa shape index (κ3) is 1.89. The minimum absolute atomic E-state index is 0.545. The molecule has 1 rings (SSSR count). The molecule has 0 unspecified atom stereocenters. The van der Waals surface area contributed by atoms with Crippen molar-refractivity contribution < 1.29 is 4.74 Å². The SMILES string of the molecule is N=COCCc1cn[nH]c1. The Balaban J connectivity index is 2.21. The van der Waals surface area contributed by atoms with Crippen molar-refractivity contribution in [3.05, 3.63) is 18.0 Å². The molecule has 54 valence electrons. The Hall–Kier alpha value is -1.32. The van der Waals surface area contributed by atoms with Gasteiger partial charge >= 0.3 is 0 Å². The van der Waals surface area contributed by atoms with E-state index in [-0.39, 0.29) is 0 Å². The molecule has 0 atom stereocenters. The van der Waals surface area contributed by atoms with E-state index in [1.54, 1.807) is 6.20 Å². The van der Waals surface area contributed by atoms with E-state index in [0.717, 1.165) is 18.4 Å². The fraction of sp³-hybridized carbons (Fsp3) is 0.333. The van der Waals surface area contributed by atoms with Gasteiger partial charge in [0, 0.05) is 12.6 Å². The van der Waals surface area contributed by atoms with E-state index in [1.165, 1.54) is 0 Å². The second-order valence-electron chi connectivity index (χ2n) is 1.85. The largest absolute Gasteiger partial charge is 0.483 e. The lowest BCUT2D eigenvalue weighted by Crippen LogP contribution is -1.94. The zero-order valence-corrected chi connectivity index (χ0v) is 5.50. The van der Waals surface area contributed by atoms with Gasteiger partial charge in [-0.1, -0.05) is 0 Å². The number of hydrogen-bond donors (Lipinski definition) is 2. The van der Waals surface area contributed by atoms with Gasteiger partial charge in [0.2, 0.25) is 0 Å². The minimum Gasteiger partial charge on any atom is -0.483 e. The maximum absolute atomic E-state index is 6.56. The third-order valence-corrected chi connectivity index (χ3v) is 1.15. The van der Waals surface area contributed by atoms with Gasteiger partial charge in [-0.25, -0.2) is 0 Å². The van der Waals surface area contributed by atoms with E-state index in [1.807, 2.05) is 6.20 Å². The van der Waals surface area contributed by atoms with Crippen LogP contribution in [-0.4, -0.2) is 23.2 Å². The summed E-state index contributed by atoms with van der Waals surface area (Å²) in [5.74, 6) is 0. The summed E-state index contributed by atoms with van der Waals surface area (Å²) >= 11 is 0. The van der Waals surface area contributed by atoms with Crippen molar-refractivity contribution in [2.24, 2.45) is 0 Å². The molecular weight excluding hydrogens is 130 g/mol. The van der Waals surface area contributed by atoms with E-state index in [2.05, 4.69) is 10.2 Å². The molecule has 4 nitrogen and oxygen atoms in total. The number of ether oxygens (including phenoxy) is 1. The number of H-pyrrole nitrogens is 1. The van der Waals surface area contributed by atoms with Gasteiger partial charge in [-0.15, -0.1) is 0 Å². The standard InChI is InChI=1S/C6H9N3O/c7-5-10-2-1-6-3-8-9-4-6/h3-5,7H,1-2H2,(H,8,9). The molecule has 1 aromatic heterocycles. The number of nitrogens with zero attached hydrogens (tertiary/aromatic N) is 1. The van der Waals surface area contributed by atoms with Crippen LogP contribution in [-0.2, 0) is 11.2 Å². The van der Waals surface area contributed by atoms with E-state index < -0.39 is 0 Å². The van der Waals surface area contributed by atoms with Gasteiger partial charge in [0.1, 0.15) is 0 Å². The maximum atomic E-state index is 6.56. The van der Waals surface area contributed by atoms with Crippen LogP contribution < -0.4 is 0 Å². The Bertz CT molecular complexity index is 183. The van der Waals surface area contributed by atoms with Crippen LogP contribution in [0.3, 0.4) is 0 Å². The molecule has 2 N–H and O–H groups in total. The van der Waals surface area contributed by atoms with Gasteiger partial charge in [-0.3, -0.25) is 10.5 Å². The van der Waals surface area contributed by atoms with Crippen LogP contribution in [0.4, 0.5) is 0 Å². The topological polar surface area (TPSA) is 61.8 Å². The van der Waals surface area contributed by atoms with Crippen molar-refractivity contribution >= 4 is 6.40 Å². The van der Waals surface area contributed by atoms with Gasteiger partial charge in [-0.2, -0.15) is 5.10 Å². The van der Waals surface area contributed by atoms with Gasteiger partial charge < -0.3 is 4.74 Å². The highest BCUT2D eigenvalue weighted by Gasteiger charge is 1.91.